The van der Waals surface area contributed by atoms with Crippen molar-refractivity contribution in [3.63, 3.8) is 0 Å². The fourth-order valence-electron chi connectivity index (χ4n) is 3.33. The molecule has 1 aliphatic heterocycles. The van der Waals surface area contributed by atoms with Gasteiger partial charge in [0, 0.05) is 23.8 Å². The summed E-state index contributed by atoms with van der Waals surface area (Å²) in [6.07, 6.45) is 1.40. The maximum absolute atomic E-state index is 14.6. The average molecular weight is 375 g/mol. The molecule has 1 aliphatic rings. The van der Waals surface area contributed by atoms with Crippen molar-refractivity contribution in [2.75, 3.05) is 13.2 Å². The van der Waals surface area contributed by atoms with E-state index in [0.717, 1.165) is 23.9 Å². The lowest BCUT2D eigenvalue weighted by Gasteiger charge is -2.28. The van der Waals surface area contributed by atoms with E-state index >= 15 is 0 Å². The number of amides is 1. The van der Waals surface area contributed by atoms with Gasteiger partial charge in [-0.15, -0.1) is 0 Å². The van der Waals surface area contributed by atoms with E-state index in [2.05, 4.69) is 10.4 Å². The lowest BCUT2D eigenvalue weighted by molar-refractivity contribution is -0.142. The summed E-state index contributed by atoms with van der Waals surface area (Å²) in [6, 6.07) is 4.77. The molecule has 8 heteroatoms. The number of carboxylic acids is 1. The van der Waals surface area contributed by atoms with Gasteiger partial charge in [0.1, 0.15) is 17.5 Å². The predicted octanol–water partition coefficient (Wildman–Crippen LogP) is 2.24. The largest absolute Gasteiger partial charge is 0.480 e. The third-order valence-electron chi connectivity index (χ3n) is 4.67. The first kappa shape index (κ1) is 19.0. The zero-order chi connectivity index (χ0) is 19.6. The van der Waals surface area contributed by atoms with Gasteiger partial charge in [-0.2, -0.15) is 5.10 Å². The molecule has 7 nitrogen and oxygen atoms in total. The van der Waals surface area contributed by atoms with Gasteiger partial charge >= 0.3 is 5.97 Å². The number of hydrogen-bond donors (Lipinski definition) is 2. The SMILES string of the molecule is Cc1cc(C)n(-c2ccc(C(=O)NC(C(=O)O)C3CCCOC3)cc2F)n1. The lowest BCUT2D eigenvalue weighted by atomic mass is 9.93. The second-order valence-corrected chi connectivity index (χ2v) is 6.77. The van der Waals surface area contributed by atoms with Crippen LogP contribution in [-0.4, -0.2) is 46.0 Å². The van der Waals surface area contributed by atoms with Gasteiger partial charge in [-0.3, -0.25) is 4.79 Å². The van der Waals surface area contributed by atoms with Crippen LogP contribution in [-0.2, 0) is 9.53 Å². The third-order valence-corrected chi connectivity index (χ3v) is 4.67. The summed E-state index contributed by atoms with van der Waals surface area (Å²) in [5.41, 5.74) is 1.81. The Bertz CT molecular complexity index is 859. The van der Waals surface area contributed by atoms with Crippen LogP contribution in [0.15, 0.2) is 24.3 Å². The molecule has 144 valence electrons. The summed E-state index contributed by atoms with van der Waals surface area (Å²) < 4.78 is 21.3. The average Bonchev–Trinajstić information content (AvgIpc) is 2.97. The van der Waals surface area contributed by atoms with Gasteiger partial charge in [0.05, 0.1) is 12.3 Å². The molecule has 1 aromatic heterocycles. The Kier molecular flexibility index (Phi) is 5.55. The van der Waals surface area contributed by atoms with Crippen LogP contribution in [0.4, 0.5) is 4.39 Å². The molecular formula is C19H22FN3O4. The quantitative estimate of drug-likeness (QED) is 0.836. The number of aromatic nitrogens is 2. The first-order chi connectivity index (χ1) is 12.9. The molecule has 3 rings (SSSR count). The van der Waals surface area contributed by atoms with Crippen LogP contribution >= 0.6 is 0 Å². The van der Waals surface area contributed by atoms with E-state index in [0.29, 0.717) is 13.0 Å². The van der Waals surface area contributed by atoms with Crippen LogP contribution in [0.2, 0.25) is 0 Å². The predicted molar refractivity (Wildman–Crippen MR) is 95.4 cm³/mol. The standard InChI is InChI=1S/C19H22FN3O4/c1-11-8-12(2)23(22-11)16-6-5-13(9-15(16)20)18(24)21-17(19(25)26)14-4-3-7-27-10-14/h5-6,8-9,14,17H,3-4,7,10H2,1-2H3,(H,21,24)(H,25,26). The molecule has 0 saturated carbocycles. The van der Waals surface area contributed by atoms with Crippen molar-refractivity contribution in [3.8, 4) is 5.69 Å². The first-order valence-corrected chi connectivity index (χ1v) is 8.81. The fraction of sp³-hybridized carbons (Fsp3) is 0.421. The topological polar surface area (TPSA) is 93.5 Å². The summed E-state index contributed by atoms with van der Waals surface area (Å²) in [4.78, 5) is 24.0. The van der Waals surface area contributed by atoms with Gasteiger partial charge in [0.25, 0.3) is 5.91 Å². The van der Waals surface area contributed by atoms with Gasteiger partial charge in [0.15, 0.2) is 0 Å². The van der Waals surface area contributed by atoms with E-state index in [1.165, 1.54) is 16.8 Å². The van der Waals surface area contributed by atoms with Crippen molar-refractivity contribution >= 4 is 11.9 Å². The normalized spacial score (nSPS) is 18.1. The van der Waals surface area contributed by atoms with Gasteiger partial charge < -0.3 is 15.2 Å². The Labute approximate surface area is 156 Å². The Morgan fingerprint density at radius 1 is 1.37 bits per heavy atom. The fourth-order valence-corrected chi connectivity index (χ4v) is 3.33. The van der Waals surface area contributed by atoms with E-state index in [9.17, 15) is 19.1 Å². The molecule has 1 saturated heterocycles. The summed E-state index contributed by atoms with van der Waals surface area (Å²) >= 11 is 0. The number of carboxylic acid groups (broad SMARTS) is 1. The maximum Gasteiger partial charge on any atom is 0.326 e. The molecule has 1 fully saturated rings. The second kappa shape index (κ2) is 7.87. The molecule has 0 aliphatic carbocycles. The minimum absolute atomic E-state index is 0.0563. The number of ether oxygens (including phenoxy) is 1. The van der Waals surface area contributed by atoms with Gasteiger partial charge in [0.2, 0.25) is 0 Å². The van der Waals surface area contributed by atoms with Crippen LogP contribution in [0, 0.1) is 25.6 Å². The van der Waals surface area contributed by atoms with Crippen LogP contribution < -0.4 is 5.32 Å². The highest BCUT2D eigenvalue weighted by Crippen LogP contribution is 2.20. The van der Waals surface area contributed by atoms with Gasteiger partial charge in [-0.25, -0.2) is 13.9 Å². The smallest absolute Gasteiger partial charge is 0.326 e. The number of nitrogens with zero attached hydrogens (tertiary/aromatic N) is 2. The van der Waals surface area contributed by atoms with Crippen molar-refractivity contribution in [2.45, 2.75) is 32.7 Å². The summed E-state index contributed by atoms with van der Waals surface area (Å²) in [7, 11) is 0. The van der Waals surface area contributed by atoms with Crippen molar-refractivity contribution in [1.82, 2.24) is 15.1 Å². The molecule has 1 aromatic carbocycles. The van der Waals surface area contributed by atoms with Crippen molar-refractivity contribution < 1.29 is 23.8 Å². The van der Waals surface area contributed by atoms with Crippen LogP contribution in [0.5, 0.6) is 0 Å². The molecule has 2 N–H and O–H groups in total. The van der Waals surface area contributed by atoms with E-state index in [1.54, 1.807) is 0 Å². The highest BCUT2D eigenvalue weighted by Gasteiger charge is 2.31. The van der Waals surface area contributed by atoms with Crippen LogP contribution in [0.3, 0.4) is 0 Å². The monoisotopic (exact) mass is 375 g/mol. The molecule has 2 heterocycles. The zero-order valence-corrected chi connectivity index (χ0v) is 15.2. The number of hydrogen-bond acceptors (Lipinski definition) is 4. The molecule has 2 unspecified atom stereocenters. The molecule has 2 atom stereocenters. The van der Waals surface area contributed by atoms with Crippen LogP contribution in [0.1, 0.15) is 34.6 Å². The summed E-state index contributed by atoms with van der Waals surface area (Å²) in [5, 5.41) is 16.2. The highest BCUT2D eigenvalue weighted by atomic mass is 19.1. The number of halogens is 1. The summed E-state index contributed by atoms with van der Waals surface area (Å²) in [6.45, 7) is 4.49. The molecule has 0 radical (unpaired) electrons. The molecule has 0 bridgehead atoms. The minimum atomic E-state index is -1.13. The van der Waals surface area contributed by atoms with E-state index in [-0.39, 0.29) is 23.8 Å². The molecule has 27 heavy (non-hydrogen) atoms. The Morgan fingerprint density at radius 2 is 2.15 bits per heavy atom. The molecule has 0 spiro atoms. The number of aryl methyl sites for hydroxylation is 2. The maximum atomic E-state index is 14.6. The van der Waals surface area contributed by atoms with Gasteiger partial charge in [-0.05, 0) is 51.0 Å². The minimum Gasteiger partial charge on any atom is -0.480 e. The molecular weight excluding hydrogens is 353 g/mol. The Hall–Kier alpha value is -2.74. The molecule has 1 amide bonds. The Balaban J connectivity index is 1.79. The number of carbonyl (C=O) groups is 2. The van der Waals surface area contributed by atoms with E-state index < -0.39 is 23.7 Å². The summed E-state index contributed by atoms with van der Waals surface area (Å²) in [5.74, 6) is -2.67. The number of aliphatic carboxylic acids is 1. The van der Waals surface area contributed by atoms with Crippen molar-refractivity contribution in [2.24, 2.45) is 5.92 Å². The molecule has 2 aromatic rings. The second-order valence-electron chi connectivity index (χ2n) is 6.77. The number of carbonyl (C=O) groups excluding carboxylic acids is 1. The third kappa shape index (κ3) is 4.16. The Morgan fingerprint density at radius 3 is 2.70 bits per heavy atom. The van der Waals surface area contributed by atoms with Crippen LogP contribution in [0.25, 0.3) is 5.69 Å². The number of benzene rings is 1. The van der Waals surface area contributed by atoms with Crippen molar-refractivity contribution in [3.05, 3.63) is 47.0 Å². The zero-order valence-electron chi connectivity index (χ0n) is 15.2. The highest BCUT2D eigenvalue weighted by molar-refractivity contribution is 5.96. The lowest BCUT2D eigenvalue weighted by Crippen LogP contribution is -2.48. The van der Waals surface area contributed by atoms with E-state index in [4.69, 9.17) is 4.74 Å². The van der Waals surface area contributed by atoms with Crippen molar-refractivity contribution in [1.29, 1.82) is 0 Å². The number of nitrogens with one attached hydrogen (secondary N) is 1. The first-order valence-electron chi connectivity index (χ1n) is 8.81. The van der Waals surface area contributed by atoms with E-state index in [1.807, 2.05) is 19.9 Å². The van der Waals surface area contributed by atoms with Gasteiger partial charge in [-0.1, -0.05) is 0 Å². The number of rotatable bonds is 5.